The Morgan fingerprint density at radius 1 is 0.773 bits per heavy atom. The number of ether oxygens (including phenoxy) is 2. The summed E-state index contributed by atoms with van der Waals surface area (Å²) < 4.78 is 10.0. The topological polar surface area (TPSA) is 116 Å². The van der Waals surface area contributed by atoms with E-state index in [2.05, 4.69) is 12.2 Å². The molecule has 1 N–H and O–H groups in total. The quantitative estimate of drug-likeness (QED) is 0.104. The van der Waals surface area contributed by atoms with Crippen LogP contribution in [0.1, 0.15) is 140 Å². The number of amides is 1. The fourth-order valence-electron chi connectivity index (χ4n) is 7.75. The summed E-state index contributed by atoms with van der Waals surface area (Å²) in [6, 6.07) is 7.21. The summed E-state index contributed by atoms with van der Waals surface area (Å²) in [5.74, 6) is -5.78. The molecule has 0 bridgehead atoms. The molecule has 0 radical (unpaired) electrons. The molecule has 0 aromatic heterocycles. The molecule has 1 amide bonds. The molecular formula is C36H51NO7. The number of rotatable bonds is 19. The Bertz CT molecular complexity index is 1180. The van der Waals surface area contributed by atoms with Crippen molar-refractivity contribution in [3.8, 4) is 0 Å². The molecule has 1 aliphatic carbocycles. The van der Waals surface area contributed by atoms with E-state index in [1.807, 2.05) is 19.1 Å². The van der Waals surface area contributed by atoms with Gasteiger partial charge in [0, 0.05) is 24.3 Å². The summed E-state index contributed by atoms with van der Waals surface area (Å²) in [6.45, 7) is 4.18. The fourth-order valence-corrected chi connectivity index (χ4v) is 7.75. The van der Waals surface area contributed by atoms with Gasteiger partial charge in [-0.15, -0.1) is 0 Å². The first-order chi connectivity index (χ1) is 21.3. The highest BCUT2D eigenvalue weighted by Crippen LogP contribution is 2.57. The van der Waals surface area contributed by atoms with Crippen molar-refractivity contribution in [1.82, 2.24) is 5.32 Å². The van der Waals surface area contributed by atoms with Gasteiger partial charge in [-0.25, -0.2) is 0 Å². The van der Waals surface area contributed by atoms with E-state index in [1.165, 1.54) is 77.0 Å². The Kier molecular flexibility index (Phi) is 12.6. The summed E-state index contributed by atoms with van der Waals surface area (Å²) in [4.78, 5) is 63.8. The lowest BCUT2D eigenvalue weighted by atomic mass is 9.52. The first-order valence-corrected chi connectivity index (χ1v) is 17.1. The molecule has 0 spiro atoms. The summed E-state index contributed by atoms with van der Waals surface area (Å²) >= 11 is 0. The second-order valence-corrected chi connectivity index (χ2v) is 13.3. The third-order valence-corrected chi connectivity index (χ3v) is 10.3. The van der Waals surface area contributed by atoms with Gasteiger partial charge in [-0.05, 0) is 17.5 Å². The van der Waals surface area contributed by atoms with E-state index in [4.69, 9.17) is 9.47 Å². The molecule has 242 valence electrons. The van der Waals surface area contributed by atoms with Crippen molar-refractivity contribution in [3.63, 3.8) is 0 Å². The van der Waals surface area contributed by atoms with Gasteiger partial charge >= 0.3 is 23.9 Å². The van der Waals surface area contributed by atoms with E-state index in [1.54, 1.807) is 12.1 Å². The number of cyclic esters (lactones) is 4. The van der Waals surface area contributed by atoms with Crippen molar-refractivity contribution in [2.75, 3.05) is 6.54 Å². The number of hydrogen-bond donors (Lipinski definition) is 1. The van der Waals surface area contributed by atoms with Crippen molar-refractivity contribution in [3.05, 3.63) is 35.4 Å². The summed E-state index contributed by atoms with van der Waals surface area (Å²) in [5.41, 5.74) is 0.321. The number of unbranched alkanes of at least 4 members (excludes halogenated alkanes) is 14. The molecule has 5 atom stereocenters. The largest absolute Gasteiger partial charge is 0.393 e. The lowest BCUT2D eigenvalue weighted by Crippen LogP contribution is -2.54. The number of esters is 4. The monoisotopic (exact) mass is 609 g/mol. The molecule has 2 heterocycles. The van der Waals surface area contributed by atoms with E-state index >= 15 is 0 Å². The minimum atomic E-state index is -1.02. The van der Waals surface area contributed by atoms with E-state index in [-0.39, 0.29) is 18.9 Å². The molecule has 4 rings (SSSR count). The second-order valence-electron chi connectivity index (χ2n) is 13.3. The third-order valence-electron chi connectivity index (χ3n) is 10.3. The minimum Gasteiger partial charge on any atom is -0.393 e. The predicted octanol–water partition coefficient (Wildman–Crippen LogP) is 6.82. The third kappa shape index (κ3) is 7.97. The Morgan fingerprint density at radius 3 is 1.91 bits per heavy atom. The van der Waals surface area contributed by atoms with E-state index < -0.39 is 53.0 Å². The Balaban J connectivity index is 1.23. The molecule has 3 aliphatic rings. The number of hydrogen-bond acceptors (Lipinski definition) is 7. The summed E-state index contributed by atoms with van der Waals surface area (Å²) in [7, 11) is 0. The van der Waals surface area contributed by atoms with Crippen LogP contribution in [0.5, 0.6) is 0 Å². The molecule has 2 aliphatic heterocycles. The van der Waals surface area contributed by atoms with Gasteiger partial charge in [0.1, 0.15) is 0 Å². The van der Waals surface area contributed by atoms with Gasteiger partial charge in [-0.2, -0.15) is 0 Å². The van der Waals surface area contributed by atoms with Crippen LogP contribution in [0.4, 0.5) is 0 Å². The van der Waals surface area contributed by atoms with Gasteiger partial charge in [-0.1, -0.05) is 128 Å². The van der Waals surface area contributed by atoms with Crippen molar-refractivity contribution in [2.24, 2.45) is 17.8 Å². The van der Waals surface area contributed by atoms with E-state index in [0.29, 0.717) is 17.5 Å². The van der Waals surface area contributed by atoms with Crippen LogP contribution >= 0.6 is 0 Å². The number of carbonyl (C=O) groups is 5. The molecule has 8 nitrogen and oxygen atoms in total. The maximum Gasteiger partial charge on any atom is 0.321 e. The van der Waals surface area contributed by atoms with Crippen molar-refractivity contribution < 1.29 is 33.4 Å². The summed E-state index contributed by atoms with van der Waals surface area (Å²) in [6.07, 6.45) is 19.1. The van der Waals surface area contributed by atoms with Crippen LogP contribution in [0.15, 0.2) is 24.3 Å². The summed E-state index contributed by atoms with van der Waals surface area (Å²) in [5, 5.41) is 2.99. The molecule has 5 unspecified atom stereocenters. The average Bonchev–Trinajstić information content (AvgIpc) is 3.51. The Labute approximate surface area is 262 Å². The molecule has 44 heavy (non-hydrogen) atoms. The zero-order valence-corrected chi connectivity index (χ0v) is 26.7. The van der Waals surface area contributed by atoms with Crippen LogP contribution in [0.25, 0.3) is 0 Å². The fraction of sp³-hybridized carbons (Fsp3) is 0.694. The number of carbonyl (C=O) groups excluding carboxylic acids is 5. The maximum absolute atomic E-state index is 13.0. The molecule has 8 heteroatoms. The van der Waals surface area contributed by atoms with Gasteiger partial charge in [0.2, 0.25) is 5.91 Å². The van der Waals surface area contributed by atoms with Gasteiger partial charge in [0.05, 0.1) is 24.2 Å². The van der Waals surface area contributed by atoms with Crippen LogP contribution in [0.3, 0.4) is 0 Å². The van der Waals surface area contributed by atoms with Crippen LogP contribution in [-0.2, 0) is 38.9 Å². The van der Waals surface area contributed by atoms with Crippen LogP contribution in [0.2, 0.25) is 0 Å². The molecule has 2 saturated heterocycles. The highest BCUT2D eigenvalue weighted by atomic mass is 16.6. The Hall–Kier alpha value is -3.03. The highest BCUT2D eigenvalue weighted by Gasteiger charge is 2.63. The van der Waals surface area contributed by atoms with Crippen LogP contribution < -0.4 is 5.32 Å². The van der Waals surface area contributed by atoms with Gasteiger partial charge < -0.3 is 14.8 Å². The van der Waals surface area contributed by atoms with Crippen molar-refractivity contribution >= 4 is 29.8 Å². The SMILES string of the molecule is CCCCCCCCCCCCCCCCCC(=O)NCC1C2C(=O)OC(=O)C2c2ccccc2C1(C)C1CC(=O)OC1=O. The lowest BCUT2D eigenvalue weighted by Gasteiger charge is -2.48. The van der Waals surface area contributed by atoms with E-state index in [9.17, 15) is 24.0 Å². The highest BCUT2D eigenvalue weighted by molar-refractivity contribution is 6.01. The molecule has 0 saturated carbocycles. The molecule has 1 aromatic carbocycles. The Morgan fingerprint density at radius 2 is 1.34 bits per heavy atom. The smallest absolute Gasteiger partial charge is 0.321 e. The van der Waals surface area contributed by atoms with E-state index in [0.717, 1.165) is 19.3 Å². The molecule has 1 aromatic rings. The molecular weight excluding hydrogens is 558 g/mol. The van der Waals surface area contributed by atoms with Crippen LogP contribution in [0, 0.1) is 17.8 Å². The number of benzene rings is 1. The normalized spacial score (nSPS) is 25.9. The predicted molar refractivity (Wildman–Crippen MR) is 166 cm³/mol. The average molecular weight is 610 g/mol. The maximum atomic E-state index is 13.0. The zero-order valence-electron chi connectivity index (χ0n) is 26.7. The zero-order chi connectivity index (χ0) is 31.5. The second kappa shape index (κ2) is 16.3. The van der Waals surface area contributed by atoms with Gasteiger partial charge in [0.15, 0.2) is 0 Å². The first kappa shape index (κ1) is 33.9. The minimum absolute atomic E-state index is 0.0872. The lowest BCUT2D eigenvalue weighted by molar-refractivity contribution is -0.157. The van der Waals surface area contributed by atoms with Crippen molar-refractivity contribution in [2.45, 2.75) is 134 Å². The standard InChI is InChI=1S/C36H51NO7/c1-3-4-5-6-7-8-9-10-11-12-13-14-15-16-17-22-29(38)37-24-28-32-31(34(41)44-35(32)42)25-20-18-19-21-26(25)36(28,2)27-23-30(39)43-33(27)40/h18-21,27-28,31-32H,3-17,22-24H2,1-2H3,(H,37,38). The van der Waals surface area contributed by atoms with Gasteiger partial charge in [-0.3, -0.25) is 24.0 Å². The number of fused-ring (bicyclic) bond motifs is 3. The van der Waals surface area contributed by atoms with Crippen molar-refractivity contribution in [1.29, 1.82) is 0 Å². The van der Waals surface area contributed by atoms with Gasteiger partial charge in [0.25, 0.3) is 0 Å². The molecule has 2 fully saturated rings. The first-order valence-electron chi connectivity index (χ1n) is 17.1. The number of nitrogens with one attached hydrogen (secondary N) is 1. The van der Waals surface area contributed by atoms with Crippen LogP contribution in [-0.4, -0.2) is 36.3 Å².